The van der Waals surface area contributed by atoms with E-state index in [1.807, 2.05) is 4.90 Å². The number of anilines is 1. The summed E-state index contributed by atoms with van der Waals surface area (Å²) in [5, 5.41) is 20.5. The number of nitro groups is 1. The van der Waals surface area contributed by atoms with Crippen LogP contribution in [0.25, 0.3) is 0 Å². The molecule has 1 aromatic carbocycles. The van der Waals surface area contributed by atoms with Gasteiger partial charge < -0.3 is 10.0 Å². The third-order valence-electron chi connectivity index (χ3n) is 3.52. The number of nitrogens with zero attached hydrogens (tertiary/aromatic N) is 2. The fourth-order valence-electron chi connectivity index (χ4n) is 2.69. The third-order valence-corrected chi connectivity index (χ3v) is 3.83. The number of hydrogen-bond acceptors (Lipinski definition) is 4. The summed E-state index contributed by atoms with van der Waals surface area (Å²) in [4.78, 5) is 12.8. The number of aliphatic hydroxyl groups is 1. The highest BCUT2D eigenvalue weighted by atomic mass is 35.5. The minimum atomic E-state index is -0.386. The second-order valence-corrected chi connectivity index (χ2v) is 5.13. The van der Waals surface area contributed by atoms with Gasteiger partial charge in [0, 0.05) is 25.3 Å². The van der Waals surface area contributed by atoms with E-state index in [9.17, 15) is 10.1 Å². The van der Waals surface area contributed by atoms with Crippen molar-refractivity contribution in [2.24, 2.45) is 0 Å². The van der Waals surface area contributed by atoms with Crippen molar-refractivity contribution < 1.29 is 10.0 Å². The molecule has 5 nitrogen and oxygen atoms in total. The first-order valence-corrected chi connectivity index (χ1v) is 6.83. The quantitative estimate of drug-likeness (QED) is 0.667. The van der Waals surface area contributed by atoms with Crippen LogP contribution in [0.4, 0.5) is 11.4 Å². The maximum absolute atomic E-state index is 11.1. The van der Waals surface area contributed by atoms with Crippen molar-refractivity contribution in [1.29, 1.82) is 0 Å². The Hall–Kier alpha value is -1.33. The number of aliphatic hydroxyl groups excluding tert-OH is 1. The summed E-state index contributed by atoms with van der Waals surface area (Å²) in [6, 6.07) is 5.00. The number of benzene rings is 1. The van der Waals surface area contributed by atoms with E-state index in [0.29, 0.717) is 17.1 Å². The van der Waals surface area contributed by atoms with Gasteiger partial charge in [0.05, 0.1) is 9.95 Å². The Labute approximate surface area is 116 Å². The molecule has 1 aromatic rings. The Balaban J connectivity index is 2.32. The average Bonchev–Trinajstić information content (AvgIpc) is 2.83. The SMILES string of the molecule is O=[N+]([O-])c1cccc(Cl)c1N1CCCC1CCCO. The molecule has 0 saturated carbocycles. The van der Waals surface area contributed by atoms with Crippen molar-refractivity contribution in [3.05, 3.63) is 33.3 Å². The molecular weight excluding hydrogens is 268 g/mol. The summed E-state index contributed by atoms with van der Waals surface area (Å²) in [5.41, 5.74) is 0.581. The highest BCUT2D eigenvalue weighted by Crippen LogP contribution is 2.40. The molecule has 1 unspecified atom stereocenters. The Morgan fingerprint density at radius 3 is 3.00 bits per heavy atom. The van der Waals surface area contributed by atoms with E-state index in [4.69, 9.17) is 16.7 Å². The van der Waals surface area contributed by atoms with Crippen LogP contribution in [0.3, 0.4) is 0 Å². The minimum Gasteiger partial charge on any atom is -0.396 e. The highest BCUT2D eigenvalue weighted by molar-refractivity contribution is 6.33. The first kappa shape index (κ1) is 14.1. The van der Waals surface area contributed by atoms with E-state index >= 15 is 0 Å². The second-order valence-electron chi connectivity index (χ2n) is 4.72. The first-order valence-electron chi connectivity index (χ1n) is 6.45. The monoisotopic (exact) mass is 284 g/mol. The van der Waals surface area contributed by atoms with E-state index < -0.39 is 0 Å². The number of nitro benzene ring substituents is 1. The van der Waals surface area contributed by atoms with Crippen molar-refractivity contribution in [2.45, 2.75) is 31.7 Å². The van der Waals surface area contributed by atoms with E-state index in [1.165, 1.54) is 6.07 Å². The normalized spacial score (nSPS) is 18.8. The lowest BCUT2D eigenvalue weighted by atomic mass is 10.1. The topological polar surface area (TPSA) is 66.6 Å². The summed E-state index contributed by atoms with van der Waals surface area (Å²) in [6.45, 7) is 0.926. The molecule has 1 N–H and O–H groups in total. The molecule has 0 bridgehead atoms. The van der Waals surface area contributed by atoms with Gasteiger partial charge in [-0.2, -0.15) is 0 Å². The van der Waals surface area contributed by atoms with Crippen molar-refractivity contribution in [3.63, 3.8) is 0 Å². The van der Waals surface area contributed by atoms with Crippen LogP contribution in [0.2, 0.25) is 5.02 Å². The smallest absolute Gasteiger partial charge is 0.294 e. The molecule has 1 atom stereocenters. The first-order chi connectivity index (χ1) is 9.15. The molecule has 19 heavy (non-hydrogen) atoms. The van der Waals surface area contributed by atoms with E-state index in [0.717, 1.165) is 25.8 Å². The fraction of sp³-hybridized carbons (Fsp3) is 0.538. The van der Waals surface area contributed by atoms with Crippen LogP contribution < -0.4 is 4.90 Å². The van der Waals surface area contributed by atoms with Gasteiger partial charge in [-0.15, -0.1) is 0 Å². The largest absolute Gasteiger partial charge is 0.396 e. The molecule has 0 spiro atoms. The van der Waals surface area contributed by atoms with Crippen LogP contribution in [0.1, 0.15) is 25.7 Å². The summed E-state index contributed by atoms with van der Waals surface area (Å²) in [7, 11) is 0. The fourth-order valence-corrected chi connectivity index (χ4v) is 2.97. The number of rotatable bonds is 5. The van der Waals surface area contributed by atoms with E-state index in [2.05, 4.69) is 0 Å². The molecule has 1 aliphatic heterocycles. The zero-order valence-electron chi connectivity index (χ0n) is 10.6. The lowest BCUT2D eigenvalue weighted by Gasteiger charge is -2.27. The van der Waals surface area contributed by atoms with Crippen molar-refractivity contribution in [2.75, 3.05) is 18.1 Å². The molecule has 1 heterocycles. The van der Waals surface area contributed by atoms with Crippen molar-refractivity contribution >= 4 is 23.0 Å². The predicted molar refractivity (Wildman–Crippen MR) is 74.8 cm³/mol. The Kier molecular flexibility index (Phi) is 4.61. The standard InChI is InChI=1S/C13H17ClN2O3/c14-11-6-1-7-12(16(18)19)13(11)15-8-2-4-10(15)5-3-9-17/h1,6-7,10,17H,2-5,8-9H2. The van der Waals surface area contributed by atoms with Gasteiger partial charge in [0.15, 0.2) is 0 Å². The zero-order valence-corrected chi connectivity index (χ0v) is 11.3. The van der Waals surface area contributed by atoms with Crippen LogP contribution in [0.15, 0.2) is 18.2 Å². The number of halogens is 1. The minimum absolute atomic E-state index is 0.0587. The Bertz CT molecular complexity index is 467. The lowest BCUT2D eigenvalue weighted by molar-refractivity contribution is -0.384. The molecule has 6 heteroatoms. The predicted octanol–water partition coefficient (Wildman–Crippen LogP) is 2.99. The van der Waals surface area contributed by atoms with Crippen molar-refractivity contribution in [3.8, 4) is 0 Å². The summed E-state index contributed by atoms with van der Waals surface area (Å²) >= 11 is 6.16. The maximum atomic E-state index is 11.1. The molecular formula is C13H17ClN2O3. The summed E-state index contributed by atoms with van der Waals surface area (Å²) in [6.07, 6.45) is 3.53. The van der Waals surface area contributed by atoms with E-state index in [-0.39, 0.29) is 23.3 Å². The lowest BCUT2D eigenvalue weighted by Crippen LogP contribution is -2.30. The van der Waals surface area contributed by atoms with Crippen LogP contribution in [-0.4, -0.2) is 29.2 Å². The summed E-state index contributed by atoms with van der Waals surface area (Å²) < 4.78 is 0. The van der Waals surface area contributed by atoms with Gasteiger partial charge in [0.25, 0.3) is 5.69 Å². The second kappa shape index (κ2) is 6.21. The van der Waals surface area contributed by atoms with Gasteiger partial charge in [-0.3, -0.25) is 10.1 Å². The van der Waals surface area contributed by atoms with Crippen LogP contribution in [-0.2, 0) is 0 Å². The molecule has 1 fully saturated rings. The Morgan fingerprint density at radius 2 is 2.32 bits per heavy atom. The van der Waals surface area contributed by atoms with Gasteiger partial charge >= 0.3 is 0 Å². The molecule has 0 radical (unpaired) electrons. The van der Waals surface area contributed by atoms with Crippen molar-refractivity contribution in [1.82, 2.24) is 0 Å². The Morgan fingerprint density at radius 1 is 1.53 bits per heavy atom. The molecule has 1 aliphatic rings. The third kappa shape index (κ3) is 2.98. The molecule has 2 rings (SSSR count). The molecule has 0 aromatic heterocycles. The zero-order chi connectivity index (χ0) is 13.8. The van der Waals surface area contributed by atoms with Crippen LogP contribution >= 0.6 is 11.6 Å². The highest BCUT2D eigenvalue weighted by Gasteiger charge is 2.31. The van der Waals surface area contributed by atoms with Gasteiger partial charge in [-0.1, -0.05) is 17.7 Å². The van der Waals surface area contributed by atoms with Crippen LogP contribution in [0.5, 0.6) is 0 Å². The number of para-hydroxylation sites is 1. The summed E-state index contributed by atoms with van der Waals surface area (Å²) in [5.74, 6) is 0. The van der Waals surface area contributed by atoms with Gasteiger partial charge in [-0.25, -0.2) is 0 Å². The number of hydrogen-bond donors (Lipinski definition) is 1. The molecule has 0 amide bonds. The van der Waals surface area contributed by atoms with Gasteiger partial charge in [-0.05, 0) is 31.7 Å². The van der Waals surface area contributed by atoms with Crippen LogP contribution in [0, 0.1) is 10.1 Å². The molecule has 104 valence electrons. The molecule has 1 saturated heterocycles. The average molecular weight is 285 g/mol. The maximum Gasteiger partial charge on any atom is 0.294 e. The van der Waals surface area contributed by atoms with Gasteiger partial charge in [0.1, 0.15) is 5.69 Å². The molecule has 0 aliphatic carbocycles. The van der Waals surface area contributed by atoms with E-state index in [1.54, 1.807) is 12.1 Å². The van der Waals surface area contributed by atoms with Gasteiger partial charge in [0.2, 0.25) is 0 Å².